The fourth-order valence-corrected chi connectivity index (χ4v) is 3.96. The highest BCUT2D eigenvalue weighted by molar-refractivity contribution is 7.92. The number of hydrogen-bond donors (Lipinski definition) is 1. The van der Waals surface area contributed by atoms with Crippen LogP contribution in [0, 0.1) is 6.92 Å². The van der Waals surface area contributed by atoms with E-state index in [-0.39, 0.29) is 10.8 Å². The van der Waals surface area contributed by atoms with Crippen LogP contribution < -0.4 is 9.46 Å². The second kappa shape index (κ2) is 8.62. The van der Waals surface area contributed by atoms with E-state index in [1.165, 1.54) is 12.1 Å². The first-order chi connectivity index (χ1) is 13.3. The van der Waals surface area contributed by atoms with E-state index in [2.05, 4.69) is 4.72 Å². The van der Waals surface area contributed by atoms with Crippen LogP contribution in [0.25, 0.3) is 0 Å². The molecule has 1 aliphatic heterocycles. The van der Waals surface area contributed by atoms with E-state index in [9.17, 15) is 13.2 Å². The Hall–Kier alpha value is -2.58. The Morgan fingerprint density at radius 1 is 1.14 bits per heavy atom. The van der Waals surface area contributed by atoms with Gasteiger partial charge in [0.1, 0.15) is 5.75 Å². The van der Waals surface area contributed by atoms with Crippen molar-refractivity contribution in [3.05, 3.63) is 54.1 Å². The third-order valence-corrected chi connectivity index (χ3v) is 5.78. The van der Waals surface area contributed by atoms with Crippen molar-refractivity contribution < 1.29 is 22.7 Å². The summed E-state index contributed by atoms with van der Waals surface area (Å²) in [5.41, 5.74) is 1.47. The van der Waals surface area contributed by atoms with Crippen molar-refractivity contribution in [1.29, 1.82) is 0 Å². The number of ether oxygens (including phenoxy) is 2. The van der Waals surface area contributed by atoms with Crippen LogP contribution in [-0.4, -0.2) is 51.6 Å². The maximum absolute atomic E-state index is 12.5. The van der Waals surface area contributed by atoms with Gasteiger partial charge in [-0.1, -0.05) is 12.1 Å². The minimum Gasteiger partial charge on any atom is -0.481 e. The molecule has 1 aliphatic rings. The summed E-state index contributed by atoms with van der Waals surface area (Å²) in [4.78, 5) is 14.2. The average molecular weight is 404 g/mol. The minimum absolute atomic E-state index is 0.110. The molecule has 1 heterocycles. The lowest BCUT2D eigenvalue weighted by Crippen LogP contribution is -2.46. The summed E-state index contributed by atoms with van der Waals surface area (Å²) in [5.74, 6) is 0.324. The van der Waals surface area contributed by atoms with Gasteiger partial charge in [-0.2, -0.15) is 0 Å². The number of nitrogens with one attached hydrogen (secondary N) is 1. The molecular formula is C20H24N2O5S. The molecule has 0 spiro atoms. The highest BCUT2D eigenvalue weighted by Gasteiger charge is 2.24. The van der Waals surface area contributed by atoms with Gasteiger partial charge < -0.3 is 14.4 Å². The topological polar surface area (TPSA) is 84.9 Å². The van der Waals surface area contributed by atoms with Crippen LogP contribution in [-0.2, 0) is 19.6 Å². The van der Waals surface area contributed by atoms with Crippen LogP contribution in [0.4, 0.5) is 5.69 Å². The van der Waals surface area contributed by atoms with E-state index in [0.717, 1.165) is 5.56 Å². The summed E-state index contributed by atoms with van der Waals surface area (Å²) in [6, 6.07) is 13.1. The lowest BCUT2D eigenvalue weighted by atomic mass is 10.2. The van der Waals surface area contributed by atoms with Crippen molar-refractivity contribution in [2.75, 3.05) is 31.0 Å². The van der Waals surface area contributed by atoms with E-state index >= 15 is 0 Å². The molecule has 1 N–H and O–H groups in total. The number of nitrogens with zero attached hydrogens (tertiary/aromatic N) is 1. The van der Waals surface area contributed by atoms with Gasteiger partial charge in [0, 0.05) is 18.8 Å². The number of aryl methyl sites for hydroxylation is 1. The van der Waals surface area contributed by atoms with Crippen LogP contribution in [0.15, 0.2) is 53.4 Å². The highest BCUT2D eigenvalue weighted by Crippen LogP contribution is 2.21. The van der Waals surface area contributed by atoms with E-state index in [1.54, 1.807) is 42.2 Å². The summed E-state index contributed by atoms with van der Waals surface area (Å²) >= 11 is 0. The van der Waals surface area contributed by atoms with Crippen molar-refractivity contribution in [3.63, 3.8) is 0 Å². The molecule has 0 bridgehead atoms. The summed E-state index contributed by atoms with van der Waals surface area (Å²) in [6.07, 6.45) is -0.661. The molecule has 28 heavy (non-hydrogen) atoms. The van der Waals surface area contributed by atoms with Crippen LogP contribution in [0.1, 0.15) is 12.5 Å². The molecule has 0 unspecified atom stereocenters. The lowest BCUT2D eigenvalue weighted by Gasteiger charge is -2.29. The second-order valence-electron chi connectivity index (χ2n) is 6.64. The second-order valence-corrected chi connectivity index (χ2v) is 8.33. The quantitative estimate of drug-likeness (QED) is 0.799. The van der Waals surface area contributed by atoms with Gasteiger partial charge in [0.2, 0.25) is 0 Å². The molecule has 1 fully saturated rings. The zero-order valence-electron chi connectivity index (χ0n) is 15.9. The molecule has 2 aromatic carbocycles. The predicted molar refractivity (Wildman–Crippen MR) is 106 cm³/mol. The van der Waals surface area contributed by atoms with E-state index in [0.29, 0.717) is 37.7 Å². The SMILES string of the molecule is Cc1cccc(NS(=O)(=O)c2ccc(O[C@H](C)C(=O)N3CCOCC3)cc2)c1. The molecule has 0 aliphatic carbocycles. The van der Waals surface area contributed by atoms with Gasteiger partial charge in [-0.25, -0.2) is 8.42 Å². The van der Waals surface area contributed by atoms with Crippen LogP contribution >= 0.6 is 0 Å². The first-order valence-electron chi connectivity index (χ1n) is 9.08. The monoisotopic (exact) mass is 404 g/mol. The minimum atomic E-state index is -3.70. The Morgan fingerprint density at radius 2 is 1.82 bits per heavy atom. The largest absolute Gasteiger partial charge is 0.481 e. The number of carbonyl (C=O) groups is 1. The van der Waals surface area contributed by atoms with Gasteiger partial charge in [-0.05, 0) is 55.8 Å². The normalized spacial score (nSPS) is 15.7. The number of anilines is 1. The number of amides is 1. The predicted octanol–water partition coefficient (Wildman–Crippen LogP) is 2.42. The number of rotatable bonds is 6. The van der Waals surface area contributed by atoms with Crippen molar-refractivity contribution in [2.24, 2.45) is 0 Å². The van der Waals surface area contributed by atoms with Gasteiger partial charge >= 0.3 is 0 Å². The molecule has 0 saturated carbocycles. The maximum Gasteiger partial charge on any atom is 0.263 e. The Kier molecular flexibility index (Phi) is 6.21. The number of sulfonamides is 1. The summed E-state index contributed by atoms with van der Waals surface area (Å²) < 4.78 is 38.6. The van der Waals surface area contributed by atoms with E-state index < -0.39 is 16.1 Å². The van der Waals surface area contributed by atoms with Gasteiger partial charge in [0.25, 0.3) is 15.9 Å². The molecule has 3 rings (SSSR count). The Labute approximate surface area is 165 Å². The zero-order valence-corrected chi connectivity index (χ0v) is 16.7. The summed E-state index contributed by atoms with van der Waals surface area (Å²) in [6.45, 7) is 5.73. The number of carbonyl (C=O) groups excluding carboxylic acids is 1. The molecule has 1 saturated heterocycles. The van der Waals surface area contributed by atoms with E-state index in [1.807, 2.05) is 13.0 Å². The smallest absolute Gasteiger partial charge is 0.263 e. The molecule has 0 aromatic heterocycles. The Balaban J connectivity index is 1.64. The number of hydrogen-bond acceptors (Lipinski definition) is 5. The third-order valence-electron chi connectivity index (χ3n) is 4.39. The molecule has 8 heteroatoms. The molecule has 2 aromatic rings. The van der Waals surface area contributed by atoms with Gasteiger partial charge in [0.05, 0.1) is 18.1 Å². The molecule has 1 amide bonds. The standard InChI is InChI=1S/C20H24N2O5S/c1-15-4-3-5-17(14-15)21-28(24,25)19-8-6-18(7-9-19)27-16(2)20(23)22-10-12-26-13-11-22/h3-9,14,16,21H,10-13H2,1-2H3/t16-/m1/s1. The number of morpholine rings is 1. The van der Waals surface area contributed by atoms with Crippen LogP contribution in [0.3, 0.4) is 0 Å². The van der Waals surface area contributed by atoms with Gasteiger partial charge in [-0.15, -0.1) is 0 Å². The molecule has 7 nitrogen and oxygen atoms in total. The third kappa shape index (κ3) is 5.02. The molecule has 1 atom stereocenters. The molecule has 150 valence electrons. The molecule has 0 radical (unpaired) electrons. The summed E-state index contributed by atoms with van der Waals surface area (Å²) in [5, 5.41) is 0. The fraction of sp³-hybridized carbons (Fsp3) is 0.350. The Bertz CT molecular complexity index is 922. The average Bonchev–Trinajstić information content (AvgIpc) is 2.68. The summed E-state index contributed by atoms with van der Waals surface area (Å²) in [7, 11) is -3.70. The first kappa shape index (κ1) is 20.2. The van der Waals surface area contributed by atoms with Crippen LogP contribution in [0.2, 0.25) is 0 Å². The first-order valence-corrected chi connectivity index (χ1v) is 10.6. The van der Waals surface area contributed by atoms with Gasteiger partial charge in [-0.3, -0.25) is 9.52 Å². The highest BCUT2D eigenvalue weighted by atomic mass is 32.2. The van der Waals surface area contributed by atoms with Crippen LogP contribution in [0.5, 0.6) is 5.75 Å². The van der Waals surface area contributed by atoms with Gasteiger partial charge in [0.15, 0.2) is 6.10 Å². The maximum atomic E-state index is 12.5. The fourth-order valence-electron chi connectivity index (χ4n) is 2.92. The molecular weight excluding hydrogens is 380 g/mol. The van der Waals surface area contributed by atoms with Crippen molar-refractivity contribution in [2.45, 2.75) is 24.8 Å². The van der Waals surface area contributed by atoms with Crippen molar-refractivity contribution in [1.82, 2.24) is 4.90 Å². The van der Waals surface area contributed by atoms with Crippen molar-refractivity contribution >= 4 is 21.6 Å². The van der Waals surface area contributed by atoms with E-state index in [4.69, 9.17) is 9.47 Å². The Morgan fingerprint density at radius 3 is 2.46 bits per heavy atom. The zero-order chi connectivity index (χ0) is 20.1. The van der Waals surface area contributed by atoms with Crippen molar-refractivity contribution in [3.8, 4) is 5.75 Å². The lowest BCUT2D eigenvalue weighted by molar-refractivity contribution is -0.142. The number of benzene rings is 2.